The molecule has 0 radical (unpaired) electrons. The van der Waals surface area contributed by atoms with Gasteiger partial charge in [0, 0.05) is 17.8 Å². The highest BCUT2D eigenvalue weighted by molar-refractivity contribution is 5.85. The molecule has 102 valence electrons. The van der Waals surface area contributed by atoms with Crippen molar-refractivity contribution < 1.29 is 18.3 Å². The topological polar surface area (TPSA) is 45.1 Å². The van der Waals surface area contributed by atoms with E-state index >= 15 is 0 Å². The molecule has 1 atom stereocenters. The van der Waals surface area contributed by atoms with E-state index in [1.54, 1.807) is 18.3 Å². The fourth-order valence-corrected chi connectivity index (χ4v) is 1.93. The number of nitrogens with one attached hydrogen (secondary N) is 1. The minimum absolute atomic E-state index is 0.425. The summed E-state index contributed by atoms with van der Waals surface area (Å²) < 4.78 is 36.7. The van der Waals surface area contributed by atoms with Gasteiger partial charge in [0.15, 0.2) is 0 Å². The molecular weight excluding hydrogens is 257 g/mol. The van der Waals surface area contributed by atoms with E-state index in [-0.39, 0.29) is 0 Å². The molecule has 2 rings (SSSR count). The molecule has 1 heterocycles. The van der Waals surface area contributed by atoms with Crippen LogP contribution in [0, 0.1) is 0 Å². The van der Waals surface area contributed by atoms with Crippen molar-refractivity contribution in [1.82, 2.24) is 10.3 Å². The number of alkyl halides is 3. The van der Waals surface area contributed by atoms with Crippen molar-refractivity contribution in [2.45, 2.75) is 12.2 Å². The molecule has 0 bridgehead atoms. The molecule has 0 aliphatic carbocycles. The largest absolute Gasteiger partial charge is 0.401 e. The Hall–Kier alpha value is -1.66. The SMILES string of the molecule is OCC(NCC(F)(F)F)c1cncc2ccccc12. The van der Waals surface area contributed by atoms with Gasteiger partial charge >= 0.3 is 6.18 Å². The molecule has 6 heteroatoms. The van der Waals surface area contributed by atoms with Gasteiger partial charge in [-0.2, -0.15) is 13.2 Å². The van der Waals surface area contributed by atoms with E-state index in [9.17, 15) is 18.3 Å². The first-order chi connectivity index (χ1) is 9.01. The maximum Gasteiger partial charge on any atom is 0.401 e. The first-order valence-corrected chi connectivity index (χ1v) is 5.75. The van der Waals surface area contributed by atoms with Crippen LogP contribution in [0.5, 0.6) is 0 Å². The first kappa shape index (κ1) is 13.8. The molecule has 2 aromatic rings. The van der Waals surface area contributed by atoms with Crippen molar-refractivity contribution in [3.63, 3.8) is 0 Å². The lowest BCUT2D eigenvalue weighted by Crippen LogP contribution is -2.33. The molecule has 0 saturated carbocycles. The second kappa shape index (κ2) is 5.54. The van der Waals surface area contributed by atoms with Crippen LogP contribution in [0.1, 0.15) is 11.6 Å². The lowest BCUT2D eigenvalue weighted by atomic mass is 10.0. The van der Waals surface area contributed by atoms with Gasteiger partial charge < -0.3 is 5.11 Å². The lowest BCUT2D eigenvalue weighted by Gasteiger charge is -2.19. The van der Waals surface area contributed by atoms with Crippen LogP contribution in [0.2, 0.25) is 0 Å². The Kier molecular flexibility index (Phi) is 4.01. The molecule has 0 aliphatic heterocycles. The third-order valence-electron chi connectivity index (χ3n) is 2.81. The standard InChI is InChI=1S/C13H13F3N2O/c14-13(15,16)8-18-12(7-19)11-6-17-5-9-3-1-2-4-10(9)11/h1-6,12,18-19H,7-8H2. The number of fused-ring (bicyclic) bond motifs is 1. The Morgan fingerprint density at radius 1 is 1.21 bits per heavy atom. The number of aliphatic hydroxyl groups excluding tert-OH is 1. The maximum atomic E-state index is 12.2. The van der Waals surface area contributed by atoms with Gasteiger partial charge in [0.1, 0.15) is 0 Å². The maximum absolute atomic E-state index is 12.2. The van der Waals surface area contributed by atoms with Crippen LogP contribution in [0.25, 0.3) is 10.8 Å². The summed E-state index contributed by atoms with van der Waals surface area (Å²) in [6.07, 6.45) is -1.20. The van der Waals surface area contributed by atoms with E-state index in [0.717, 1.165) is 10.8 Å². The quantitative estimate of drug-likeness (QED) is 0.896. The smallest absolute Gasteiger partial charge is 0.394 e. The second-order valence-corrected chi connectivity index (χ2v) is 4.18. The fraction of sp³-hybridized carbons (Fsp3) is 0.308. The average Bonchev–Trinajstić information content (AvgIpc) is 2.38. The van der Waals surface area contributed by atoms with E-state index in [2.05, 4.69) is 10.3 Å². The van der Waals surface area contributed by atoms with E-state index in [4.69, 9.17) is 0 Å². The first-order valence-electron chi connectivity index (χ1n) is 5.75. The van der Waals surface area contributed by atoms with Crippen LogP contribution in [-0.2, 0) is 0 Å². The number of aliphatic hydroxyl groups is 1. The van der Waals surface area contributed by atoms with Gasteiger partial charge in [-0.1, -0.05) is 24.3 Å². The van der Waals surface area contributed by atoms with Gasteiger partial charge in [0.2, 0.25) is 0 Å². The van der Waals surface area contributed by atoms with E-state index in [1.165, 1.54) is 6.20 Å². The number of halogens is 3. The van der Waals surface area contributed by atoms with Crippen LogP contribution in [0.15, 0.2) is 36.7 Å². The summed E-state index contributed by atoms with van der Waals surface area (Å²) in [6.45, 7) is -1.58. The predicted octanol–water partition coefficient (Wildman–Crippen LogP) is 2.42. The Morgan fingerprint density at radius 2 is 1.95 bits per heavy atom. The molecule has 1 unspecified atom stereocenters. The molecule has 0 fully saturated rings. The van der Waals surface area contributed by atoms with Crippen molar-refractivity contribution in [2.24, 2.45) is 0 Å². The Balaban J connectivity index is 2.30. The predicted molar refractivity (Wildman–Crippen MR) is 65.6 cm³/mol. The Morgan fingerprint density at radius 3 is 2.63 bits per heavy atom. The molecule has 2 N–H and O–H groups in total. The second-order valence-electron chi connectivity index (χ2n) is 4.18. The number of pyridine rings is 1. The molecular formula is C13H13F3N2O. The monoisotopic (exact) mass is 270 g/mol. The number of rotatable bonds is 4. The zero-order valence-corrected chi connectivity index (χ0v) is 9.98. The van der Waals surface area contributed by atoms with Crippen molar-refractivity contribution in [2.75, 3.05) is 13.2 Å². The number of nitrogens with zero attached hydrogens (tertiary/aromatic N) is 1. The van der Waals surface area contributed by atoms with Crippen molar-refractivity contribution in [3.8, 4) is 0 Å². The van der Waals surface area contributed by atoms with Crippen molar-refractivity contribution >= 4 is 10.8 Å². The number of aromatic nitrogens is 1. The lowest BCUT2D eigenvalue weighted by molar-refractivity contribution is -0.126. The van der Waals surface area contributed by atoms with E-state index in [0.29, 0.717) is 5.56 Å². The minimum Gasteiger partial charge on any atom is -0.394 e. The Labute approximate surface area is 108 Å². The molecule has 0 aliphatic rings. The highest BCUT2D eigenvalue weighted by Gasteiger charge is 2.28. The van der Waals surface area contributed by atoms with Crippen molar-refractivity contribution in [1.29, 1.82) is 0 Å². The van der Waals surface area contributed by atoms with E-state index < -0.39 is 25.4 Å². The molecule has 3 nitrogen and oxygen atoms in total. The minimum atomic E-state index is -4.31. The van der Waals surface area contributed by atoms with Crippen LogP contribution < -0.4 is 5.32 Å². The molecule has 1 aromatic carbocycles. The summed E-state index contributed by atoms with van der Waals surface area (Å²) in [4.78, 5) is 3.99. The van der Waals surface area contributed by atoms with Crippen LogP contribution in [-0.4, -0.2) is 29.4 Å². The summed E-state index contributed by atoms with van der Waals surface area (Å²) in [5.74, 6) is 0. The van der Waals surface area contributed by atoms with Crippen LogP contribution in [0.4, 0.5) is 13.2 Å². The summed E-state index contributed by atoms with van der Waals surface area (Å²) >= 11 is 0. The number of hydrogen-bond acceptors (Lipinski definition) is 3. The van der Waals surface area contributed by atoms with Crippen LogP contribution >= 0.6 is 0 Å². The average molecular weight is 270 g/mol. The van der Waals surface area contributed by atoms with E-state index in [1.807, 2.05) is 12.1 Å². The van der Waals surface area contributed by atoms with Gasteiger partial charge in [-0.05, 0) is 10.9 Å². The molecule has 1 aromatic heterocycles. The third-order valence-corrected chi connectivity index (χ3v) is 2.81. The van der Waals surface area contributed by atoms with Gasteiger partial charge in [0.05, 0.1) is 19.2 Å². The number of benzene rings is 1. The highest BCUT2D eigenvalue weighted by Crippen LogP contribution is 2.24. The molecule has 0 spiro atoms. The Bertz CT molecular complexity index is 552. The fourth-order valence-electron chi connectivity index (χ4n) is 1.93. The zero-order valence-electron chi connectivity index (χ0n) is 9.98. The third kappa shape index (κ3) is 3.42. The summed E-state index contributed by atoms with van der Waals surface area (Å²) in [6, 6.07) is 6.45. The molecule has 0 amide bonds. The normalized spacial score (nSPS) is 13.7. The number of hydrogen-bond donors (Lipinski definition) is 2. The van der Waals surface area contributed by atoms with Gasteiger partial charge in [0.25, 0.3) is 0 Å². The van der Waals surface area contributed by atoms with Crippen molar-refractivity contribution in [3.05, 3.63) is 42.2 Å². The van der Waals surface area contributed by atoms with Gasteiger partial charge in [-0.3, -0.25) is 10.3 Å². The summed E-state index contributed by atoms with van der Waals surface area (Å²) in [7, 11) is 0. The zero-order chi connectivity index (χ0) is 13.9. The molecule has 0 saturated heterocycles. The highest BCUT2D eigenvalue weighted by atomic mass is 19.4. The summed E-state index contributed by atoms with van der Waals surface area (Å²) in [5, 5.41) is 13.2. The summed E-state index contributed by atoms with van der Waals surface area (Å²) in [5.41, 5.74) is 0.560. The molecule has 19 heavy (non-hydrogen) atoms. The van der Waals surface area contributed by atoms with Gasteiger partial charge in [-0.25, -0.2) is 0 Å². The van der Waals surface area contributed by atoms with Gasteiger partial charge in [-0.15, -0.1) is 0 Å². The van der Waals surface area contributed by atoms with Crippen LogP contribution in [0.3, 0.4) is 0 Å².